The first-order valence-electron chi connectivity index (χ1n) is 7.36. The van der Waals surface area contributed by atoms with Crippen molar-refractivity contribution in [3.8, 4) is 5.75 Å². The van der Waals surface area contributed by atoms with E-state index in [2.05, 4.69) is 32.1 Å². The van der Waals surface area contributed by atoms with Crippen molar-refractivity contribution in [3.63, 3.8) is 0 Å². The largest absolute Gasteiger partial charge is 0.492 e. The van der Waals surface area contributed by atoms with Gasteiger partial charge in [0.15, 0.2) is 0 Å². The van der Waals surface area contributed by atoms with Crippen LogP contribution in [0, 0.1) is 5.92 Å². The second kappa shape index (κ2) is 6.77. The third-order valence-corrected chi connectivity index (χ3v) is 4.99. The predicted molar refractivity (Wildman–Crippen MR) is 84.2 cm³/mol. The first-order chi connectivity index (χ1) is 10.3. The van der Waals surface area contributed by atoms with E-state index < -0.39 is 0 Å². The van der Waals surface area contributed by atoms with E-state index in [1.165, 1.54) is 12.8 Å². The van der Waals surface area contributed by atoms with Gasteiger partial charge in [0.05, 0.1) is 11.4 Å². The Labute approximate surface area is 132 Å². The zero-order chi connectivity index (χ0) is 14.7. The fourth-order valence-corrected chi connectivity index (χ4v) is 3.50. The van der Waals surface area contributed by atoms with E-state index in [9.17, 15) is 4.79 Å². The minimum atomic E-state index is -0.229. The van der Waals surface area contributed by atoms with Gasteiger partial charge in [-0.2, -0.15) is 0 Å². The molecule has 6 heteroatoms. The minimum Gasteiger partial charge on any atom is -0.492 e. The van der Waals surface area contributed by atoms with Gasteiger partial charge in [-0.25, -0.2) is 5.43 Å². The molecule has 1 aliphatic carbocycles. The van der Waals surface area contributed by atoms with Gasteiger partial charge in [0, 0.05) is 6.04 Å². The molecule has 1 aliphatic heterocycles. The molecule has 1 saturated heterocycles. The van der Waals surface area contributed by atoms with E-state index in [0.29, 0.717) is 25.1 Å². The van der Waals surface area contributed by atoms with E-state index in [-0.39, 0.29) is 16.8 Å². The van der Waals surface area contributed by atoms with Crippen molar-refractivity contribution < 1.29 is 9.53 Å². The molecule has 1 aromatic rings. The molecule has 1 saturated carbocycles. The Morgan fingerprint density at radius 2 is 2.05 bits per heavy atom. The maximum Gasteiger partial charge on any atom is 0.239 e. The van der Waals surface area contributed by atoms with E-state index >= 15 is 0 Å². The summed E-state index contributed by atoms with van der Waals surface area (Å²) in [5.41, 5.74) is 6.31. The van der Waals surface area contributed by atoms with E-state index in [0.717, 1.165) is 5.75 Å². The highest BCUT2D eigenvalue weighted by molar-refractivity contribution is 9.09. The number of halogens is 1. The fourth-order valence-electron chi connectivity index (χ4n) is 2.57. The van der Waals surface area contributed by atoms with Gasteiger partial charge in [0.25, 0.3) is 0 Å². The lowest BCUT2D eigenvalue weighted by Gasteiger charge is -2.16. The van der Waals surface area contributed by atoms with Gasteiger partial charge >= 0.3 is 0 Å². The zero-order valence-electron chi connectivity index (χ0n) is 11.7. The summed E-state index contributed by atoms with van der Waals surface area (Å²) >= 11 is 3.64. The lowest BCUT2D eigenvalue weighted by molar-refractivity contribution is -0.122. The molecule has 2 aliphatic rings. The standard InChI is InChI=1S/C15H20BrN3O2/c16-12-13(10-6-7-10)18-19-14(12)15(20)17-8-9-21-11-4-2-1-3-5-11/h1-5,10,12-14,18-19H,6-9H2,(H,17,20). The van der Waals surface area contributed by atoms with Crippen LogP contribution in [-0.4, -0.2) is 36.0 Å². The summed E-state index contributed by atoms with van der Waals surface area (Å²) in [5, 5.41) is 2.91. The van der Waals surface area contributed by atoms with Gasteiger partial charge in [-0.15, -0.1) is 0 Å². The number of nitrogens with one attached hydrogen (secondary N) is 3. The Morgan fingerprint density at radius 1 is 1.29 bits per heavy atom. The SMILES string of the molecule is O=C(NCCOc1ccccc1)C1NNC(C2CC2)C1Br. The van der Waals surface area contributed by atoms with Crippen LogP contribution in [0.25, 0.3) is 0 Å². The number of hydrazine groups is 1. The molecule has 0 radical (unpaired) electrons. The topological polar surface area (TPSA) is 62.4 Å². The summed E-state index contributed by atoms with van der Waals surface area (Å²) < 4.78 is 5.55. The summed E-state index contributed by atoms with van der Waals surface area (Å²) in [4.78, 5) is 12.3. The first-order valence-corrected chi connectivity index (χ1v) is 8.28. The number of carbonyl (C=O) groups excluding carboxylic acids is 1. The summed E-state index contributed by atoms with van der Waals surface area (Å²) in [6.07, 6.45) is 2.50. The molecular formula is C15H20BrN3O2. The van der Waals surface area contributed by atoms with Crippen molar-refractivity contribution in [2.45, 2.75) is 29.8 Å². The van der Waals surface area contributed by atoms with Gasteiger partial charge in [0.1, 0.15) is 18.4 Å². The number of hydrogen-bond acceptors (Lipinski definition) is 4. The molecule has 0 spiro atoms. The number of amides is 1. The van der Waals surface area contributed by atoms with E-state index in [1.54, 1.807) is 0 Å². The van der Waals surface area contributed by atoms with Crippen molar-refractivity contribution in [3.05, 3.63) is 30.3 Å². The Bertz CT molecular complexity index is 481. The van der Waals surface area contributed by atoms with Gasteiger partial charge in [-0.1, -0.05) is 34.1 Å². The predicted octanol–water partition coefficient (Wildman–Crippen LogP) is 1.20. The van der Waals surface area contributed by atoms with Crippen LogP contribution < -0.4 is 20.9 Å². The molecule has 21 heavy (non-hydrogen) atoms. The summed E-state index contributed by atoms with van der Waals surface area (Å²) in [5.74, 6) is 1.52. The number of rotatable bonds is 6. The van der Waals surface area contributed by atoms with Crippen LogP contribution in [0.2, 0.25) is 0 Å². The summed E-state index contributed by atoms with van der Waals surface area (Å²) in [6, 6.07) is 9.72. The van der Waals surface area contributed by atoms with Crippen LogP contribution in [0.3, 0.4) is 0 Å². The smallest absolute Gasteiger partial charge is 0.239 e. The molecular weight excluding hydrogens is 334 g/mol. The number of ether oxygens (including phenoxy) is 1. The summed E-state index contributed by atoms with van der Waals surface area (Å²) in [7, 11) is 0. The van der Waals surface area contributed by atoms with Gasteiger partial charge in [0.2, 0.25) is 5.91 Å². The Balaban J connectivity index is 1.38. The molecule has 3 rings (SSSR count). The van der Waals surface area contributed by atoms with Crippen molar-refractivity contribution in [2.24, 2.45) is 5.92 Å². The molecule has 2 fully saturated rings. The number of carbonyl (C=O) groups is 1. The van der Waals surface area contributed by atoms with Crippen LogP contribution in [0.4, 0.5) is 0 Å². The molecule has 0 bridgehead atoms. The highest BCUT2D eigenvalue weighted by Gasteiger charge is 2.45. The number of alkyl halides is 1. The van der Waals surface area contributed by atoms with Gasteiger partial charge in [-0.3, -0.25) is 10.2 Å². The third-order valence-electron chi connectivity index (χ3n) is 3.89. The summed E-state index contributed by atoms with van der Waals surface area (Å²) in [6.45, 7) is 0.967. The average molecular weight is 354 g/mol. The van der Waals surface area contributed by atoms with Crippen LogP contribution >= 0.6 is 15.9 Å². The highest BCUT2D eigenvalue weighted by Crippen LogP contribution is 2.38. The zero-order valence-corrected chi connectivity index (χ0v) is 13.3. The third kappa shape index (κ3) is 3.75. The van der Waals surface area contributed by atoms with Crippen molar-refractivity contribution in [1.82, 2.24) is 16.2 Å². The fraction of sp³-hybridized carbons (Fsp3) is 0.533. The van der Waals surface area contributed by atoms with Crippen LogP contribution in [0.15, 0.2) is 30.3 Å². The second-order valence-electron chi connectivity index (χ2n) is 5.53. The molecule has 1 aromatic carbocycles. The minimum absolute atomic E-state index is 0.00388. The maximum atomic E-state index is 12.2. The van der Waals surface area contributed by atoms with Crippen molar-refractivity contribution in [2.75, 3.05) is 13.2 Å². The second-order valence-corrected chi connectivity index (χ2v) is 6.58. The quantitative estimate of drug-likeness (QED) is 0.531. The lowest BCUT2D eigenvalue weighted by Crippen LogP contribution is -2.46. The van der Waals surface area contributed by atoms with Crippen molar-refractivity contribution >= 4 is 21.8 Å². The number of benzene rings is 1. The normalized spacial score (nSPS) is 28.3. The Kier molecular flexibility index (Phi) is 4.77. The monoisotopic (exact) mass is 353 g/mol. The van der Waals surface area contributed by atoms with Crippen molar-refractivity contribution in [1.29, 1.82) is 0 Å². The van der Waals surface area contributed by atoms with Crippen LogP contribution in [0.5, 0.6) is 5.75 Å². The van der Waals surface area contributed by atoms with Crippen LogP contribution in [-0.2, 0) is 4.79 Å². The Hall–Kier alpha value is -1.11. The molecule has 3 unspecified atom stereocenters. The van der Waals surface area contributed by atoms with Gasteiger partial charge in [-0.05, 0) is 30.9 Å². The highest BCUT2D eigenvalue weighted by atomic mass is 79.9. The first kappa shape index (κ1) is 14.8. The van der Waals surface area contributed by atoms with E-state index in [4.69, 9.17) is 4.74 Å². The number of hydrogen-bond donors (Lipinski definition) is 3. The van der Waals surface area contributed by atoms with Gasteiger partial charge < -0.3 is 10.1 Å². The molecule has 114 valence electrons. The lowest BCUT2D eigenvalue weighted by atomic mass is 10.1. The average Bonchev–Trinajstić information content (AvgIpc) is 3.27. The molecule has 1 heterocycles. The van der Waals surface area contributed by atoms with E-state index in [1.807, 2.05) is 30.3 Å². The molecule has 5 nitrogen and oxygen atoms in total. The Morgan fingerprint density at radius 3 is 2.76 bits per heavy atom. The van der Waals surface area contributed by atoms with Crippen LogP contribution in [0.1, 0.15) is 12.8 Å². The molecule has 3 N–H and O–H groups in total. The maximum absolute atomic E-state index is 12.2. The molecule has 0 aromatic heterocycles. The molecule has 1 amide bonds. The molecule has 3 atom stereocenters. The number of para-hydroxylation sites is 1.